The number of nitrogens with zero attached hydrogens (tertiary/aromatic N) is 5. The number of nitriles is 1. The summed E-state index contributed by atoms with van der Waals surface area (Å²) in [5, 5.41) is 22.1. The minimum Gasteiger partial charge on any atom is -0.362 e. The van der Waals surface area contributed by atoms with Gasteiger partial charge in [0.2, 0.25) is 0 Å². The molecule has 1 aliphatic heterocycles. The maximum absolute atomic E-state index is 15.8. The lowest BCUT2D eigenvalue weighted by Gasteiger charge is -2.36. The fraction of sp³-hybridized carbons (Fsp3) is 0.185. The average molecular weight is 482 g/mol. The van der Waals surface area contributed by atoms with Gasteiger partial charge >= 0.3 is 0 Å². The minimum atomic E-state index is -0.481. The van der Waals surface area contributed by atoms with Crippen LogP contribution < -0.4 is 16.2 Å². The second-order valence-corrected chi connectivity index (χ2v) is 8.92. The first kappa shape index (κ1) is 23.2. The van der Waals surface area contributed by atoms with Gasteiger partial charge in [0.05, 0.1) is 39.8 Å². The Labute approximate surface area is 206 Å². The number of rotatable bonds is 5. The van der Waals surface area contributed by atoms with E-state index in [0.29, 0.717) is 63.2 Å². The molecule has 1 saturated heterocycles. The number of benzene rings is 2. The number of nitrogens with one attached hydrogen (secondary N) is 1. The van der Waals surface area contributed by atoms with E-state index in [1.54, 1.807) is 49.1 Å². The van der Waals surface area contributed by atoms with E-state index in [-0.39, 0.29) is 23.2 Å². The fourth-order valence-electron chi connectivity index (χ4n) is 4.82. The van der Waals surface area contributed by atoms with Crippen molar-refractivity contribution >= 4 is 22.5 Å². The highest BCUT2D eigenvalue weighted by Gasteiger charge is 2.29. The number of aromatic amines is 1. The number of aromatic nitrogens is 4. The van der Waals surface area contributed by atoms with Crippen molar-refractivity contribution in [3.8, 4) is 28.5 Å². The second kappa shape index (κ2) is 8.59. The zero-order valence-electron chi connectivity index (χ0n) is 20.0. The van der Waals surface area contributed by atoms with Gasteiger partial charge in [-0.25, -0.2) is 9.49 Å². The van der Waals surface area contributed by atoms with Gasteiger partial charge in [0.25, 0.3) is 5.56 Å². The standard InChI is InChI=1S/C27H24FN7O/c1-5-16-7-17(8-18-21(10-30)32-33-27(36)23(16)18)20-11-31-34(4)26(20)24-19(9-29)22(6-15(3)25(24)28)35-12-14(2)13-35/h5-8,11H,1-2,10,12-13,30H2,3-4H3,(H,33,36). The first-order valence-corrected chi connectivity index (χ1v) is 11.3. The average Bonchev–Trinajstić information content (AvgIpc) is 3.23. The Morgan fingerprint density at radius 1 is 1.33 bits per heavy atom. The van der Waals surface area contributed by atoms with Gasteiger partial charge in [-0.1, -0.05) is 19.2 Å². The van der Waals surface area contributed by atoms with Crippen molar-refractivity contribution in [3.63, 3.8) is 0 Å². The molecule has 5 rings (SSSR count). The molecule has 2 aromatic heterocycles. The van der Waals surface area contributed by atoms with Crippen molar-refractivity contribution in [2.24, 2.45) is 12.8 Å². The van der Waals surface area contributed by atoms with Crippen molar-refractivity contribution in [2.75, 3.05) is 18.0 Å². The Morgan fingerprint density at radius 3 is 2.72 bits per heavy atom. The second-order valence-electron chi connectivity index (χ2n) is 8.92. The number of fused-ring (bicyclic) bond motifs is 1. The number of aryl methyl sites for hydroxylation is 2. The first-order chi connectivity index (χ1) is 17.3. The van der Waals surface area contributed by atoms with Crippen LogP contribution in [-0.4, -0.2) is 33.1 Å². The van der Waals surface area contributed by atoms with Gasteiger partial charge in [0, 0.05) is 37.6 Å². The Kier molecular flexibility index (Phi) is 5.54. The van der Waals surface area contributed by atoms with Crippen LogP contribution in [0.3, 0.4) is 0 Å². The molecule has 0 spiro atoms. The molecule has 0 bridgehead atoms. The summed E-state index contributed by atoms with van der Waals surface area (Å²) in [7, 11) is 1.71. The third kappa shape index (κ3) is 3.42. The van der Waals surface area contributed by atoms with Gasteiger partial charge in [-0.2, -0.15) is 15.5 Å². The van der Waals surface area contributed by atoms with Crippen LogP contribution in [0.4, 0.5) is 10.1 Å². The maximum atomic E-state index is 15.8. The topological polar surface area (TPSA) is 117 Å². The van der Waals surface area contributed by atoms with Crippen LogP contribution in [0.1, 0.15) is 22.4 Å². The third-order valence-corrected chi connectivity index (χ3v) is 6.61. The summed E-state index contributed by atoms with van der Waals surface area (Å²) < 4.78 is 17.3. The van der Waals surface area contributed by atoms with E-state index in [4.69, 9.17) is 5.73 Å². The Hall–Kier alpha value is -4.55. The molecule has 2 aromatic carbocycles. The van der Waals surface area contributed by atoms with Crippen LogP contribution in [0.25, 0.3) is 39.2 Å². The van der Waals surface area contributed by atoms with Crippen LogP contribution in [-0.2, 0) is 13.6 Å². The summed E-state index contributed by atoms with van der Waals surface area (Å²) in [4.78, 5) is 14.6. The summed E-state index contributed by atoms with van der Waals surface area (Å²) >= 11 is 0. The summed E-state index contributed by atoms with van der Waals surface area (Å²) in [6, 6.07) is 7.53. The molecule has 9 heteroatoms. The molecule has 4 aromatic rings. The Morgan fingerprint density at radius 2 is 2.08 bits per heavy atom. The number of nitrogens with two attached hydrogens (primary N) is 1. The van der Waals surface area contributed by atoms with Gasteiger partial charge in [-0.3, -0.25) is 9.48 Å². The predicted molar refractivity (Wildman–Crippen MR) is 139 cm³/mol. The van der Waals surface area contributed by atoms with Crippen LogP contribution in [0.2, 0.25) is 0 Å². The van der Waals surface area contributed by atoms with Gasteiger partial charge in [-0.15, -0.1) is 0 Å². The highest BCUT2D eigenvalue weighted by Crippen LogP contribution is 2.42. The molecule has 36 heavy (non-hydrogen) atoms. The largest absolute Gasteiger partial charge is 0.362 e. The zero-order valence-corrected chi connectivity index (χ0v) is 20.0. The lowest BCUT2D eigenvalue weighted by atomic mass is 9.91. The van der Waals surface area contributed by atoms with E-state index in [1.165, 1.54) is 0 Å². The summed E-state index contributed by atoms with van der Waals surface area (Å²) in [5.41, 5.74) is 10.9. The van der Waals surface area contributed by atoms with Crippen LogP contribution in [0.5, 0.6) is 0 Å². The Bertz CT molecular complexity index is 1680. The van der Waals surface area contributed by atoms with Crippen LogP contribution in [0.15, 0.2) is 47.9 Å². The monoisotopic (exact) mass is 481 g/mol. The number of H-pyrrole nitrogens is 1. The van der Waals surface area contributed by atoms with E-state index < -0.39 is 5.82 Å². The highest BCUT2D eigenvalue weighted by atomic mass is 19.1. The molecule has 0 saturated carbocycles. The quantitative estimate of drug-likeness (QED) is 0.419. The molecular weight excluding hydrogens is 457 g/mol. The molecule has 0 amide bonds. The van der Waals surface area contributed by atoms with Gasteiger partial charge in [0.15, 0.2) is 0 Å². The first-order valence-electron chi connectivity index (χ1n) is 11.3. The van der Waals surface area contributed by atoms with E-state index in [2.05, 4.69) is 34.5 Å². The number of anilines is 1. The molecule has 3 heterocycles. The number of hydrogen-bond acceptors (Lipinski definition) is 6. The molecule has 1 fully saturated rings. The molecule has 0 radical (unpaired) electrons. The SMILES string of the molecule is C=Cc1cc(-c2cnn(C)c2-c2c(F)c(C)cc(N3CC(=C)C3)c2C#N)cc2c(CN)n[nH]c(=O)c12. The minimum absolute atomic E-state index is 0.114. The van der Waals surface area contributed by atoms with Crippen molar-refractivity contribution in [1.82, 2.24) is 20.0 Å². The molecule has 0 aliphatic carbocycles. The van der Waals surface area contributed by atoms with Crippen LogP contribution >= 0.6 is 0 Å². The fourth-order valence-corrected chi connectivity index (χ4v) is 4.82. The molecule has 3 N–H and O–H groups in total. The Balaban J connectivity index is 1.82. The van der Waals surface area contributed by atoms with Crippen molar-refractivity contribution < 1.29 is 4.39 Å². The number of hydrogen-bond donors (Lipinski definition) is 2. The predicted octanol–water partition coefficient (Wildman–Crippen LogP) is 3.79. The lowest BCUT2D eigenvalue weighted by molar-refractivity contribution is 0.617. The molecule has 8 nitrogen and oxygen atoms in total. The summed E-state index contributed by atoms with van der Waals surface area (Å²) in [6.07, 6.45) is 3.21. The zero-order chi connectivity index (χ0) is 25.7. The van der Waals surface area contributed by atoms with Crippen molar-refractivity contribution in [1.29, 1.82) is 5.26 Å². The summed E-state index contributed by atoms with van der Waals surface area (Å²) in [5.74, 6) is -0.481. The van der Waals surface area contributed by atoms with Gasteiger partial charge in [-0.05, 0) is 47.4 Å². The summed E-state index contributed by atoms with van der Waals surface area (Å²) in [6.45, 7) is 10.9. The van der Waals surface area contributed by atoms with E-state index >= 15 is 4.39 Å². The molecule has 180 valence electrons. The lowest BCUT2D eigenvalue weighted by Crippen LogP contribution is -2.40. The van der Waals surface area contributed by atoms with E-state index in [1.807, 2.05) is 4.90 Å². The maximum Gasteiger partial charge on any atom is 0.272 e. The van der Waals surface area contributed by atoms with Crippen molar-refractivity contribution in [2.45, 2.75) is 13.5 Å². The molecule has 0 atom stereocenters. The third-order valence-electron chi connectivity index (χ3n) is 6.61. The van der Waals surface area contributed by atoms with E-state index in [9.17, 15) is 10.1 Å². The highest BCUT2D eigenvalue weighted by molar-refractivity contribution is 5.97. The molecular formula is C27H24FN7O. The number of halogens is 1. The van der Waals surface area contributed by atoms with Crippen LogP contribution in [0, 0.1) is 24.1 Å². The van der Waals surface area contributed by atoms with E-state index in [0.717, 1.165) is 5.57 Å². The molecule has 1 aliphatic rings. The molecule has 0 unspecified atom stereocenters. The normalized spacial score (nSPS) is 13.1. The van der Waals surface area contributed by atoms with Gasteiger partial charge < -0.3 is 10.6 Å². The smallest absolute Gasteiger partial charge is 0.272 e. The van der Waals surface area contributed by atoms with Gasteiger partial charge in [0.1, 0.15) is 11.9 Å². The van der Waals surface area contributed by atoms with Crippen molar-refractivity contribution in [3.05, 3.63) is 81.7 Å².